The average molecular weight is 377 g/mol. The van der Waals surface area contributed by atoms with Crippen molar-refractivity contribution in [2.45, 2.75) is 26.0 Å². The Morgan fingerprint density at radius 3 is 2.44 bits per heavy atom. The smallest absolute Gasteiger partial charge is 0.237 e. The Kier molecular flexibility index (Phi) is 6.91. The molecule has 132 valence electrons. The van der Waals surface area contributed by atoms with Crippen molar-refractivity contribution in [2.24, 2.45) is 0 Å². The molecule has 0 aliphatic heterocycles. The minimum atomic E-state index is -0.337. The Bertz CT molecular complexity index is 763. The summed E-state index contributed by atoms with van der Waals surface area (Å²) in [7, 11) is 0. The number of thioether (sulfide) groups is 1. The van der Waals surface area contributed by atoms with E-state index in [0.29, 0.717) is 10.7 Å². The quantitative estimate of drug-likeness (QED) is 0.771. The van der Waals surface area contributed by atoms with E-state index < -0.39 is 0 Å². The molecule has 2 aromatic carbocycles. The van der Waals surface area contributed by atoms with E-state index in [1.165, 1.54) is 11.8 Å². The number of carbonyl (C=O) groups excluding carboxylic acids is 2. The summed E-state index contributed by atoms with van der Waals surface area (Å²) in [6.07, 6.45) is 0. The van der Waals surface area contributed by atoms with Crippen LogP contribution in [0, 0.1) is 13.8 Å². The highest BCUT2D eigenvalue weighted by molar-refractivity contribution is 8.01. The summed E-state index contributed by atoms with van der Waals surface area (Å²) in [6, 6.07) is 12.8. The van der Waals surface area contributed by atoms with Gasteiger partial charge in [0.2, 0.25) is 11.8 Å². The number of anilines is 2. The van der Waals surface area contributed by atoms with Crippen LogP contribution in [0.15, 0.2) is 42.5 Å². The van der Waals surface area contributed by atoms with Crippen molar-refractivity contribution in [1.82, 2.24) is 0 Å². The van der Waals surface area contributed by atoms with Crippen molar-refractivity contribution in [2.75, 3.05) is 16.4 Å². The molecule has 25 heavy (non-hydrogen) atoms. The van der Waals surface area contributed by atoms with Crippen LogP contribution in [0.4, 0.5) is 11.4 Å². The van der Waals surface area contributed by atoms with Crippen molar-refractivity contribution in [3.63, 3.8) is 0 Å². The molecule has 0 saturated carbocycles. The maximum absolute atomic E-state index is 12.3. The highest BCUT2D eigenvalue weighted by Crippen LogP contribution is 2.19. The zero-order chi connectivity index (χ0) is 18.4. The largest absolute Gasteiger partial charge is 0.325 e. The minimum Gasteiger partial charge on any atom is -0.325 e. The molecule has 0 aliphatic carbocycles. The van der Waals surface area contributed by atoms with E-state index in [1.54, 1.807) is 31.2 Å². The van der Waals surface area contributed by atoms with Gasteiger partial charge in [0.15, 0.2) is 0 Å². The van der Waals surface area contributed by atoms with Crippen LogP contribution in [0.5, 0.6) is 0 Å². The minimum absolute atomic E-state index is 0.113. The Morgan fingerprint density at radius 1 is 1.08 bits per heavy atom. The molecule has 2 N–H and O–H groups in total. The van der Waals surface area contributed by atoms with Crippen LogP contribution in [0.25, 0.3) is 0 Å². The molecular weight excluding hydrogens is 356 g/mol. The predicted molar refractivity (Wildman–Crippen MR) is 107 cm³/mol. The summed E-state index contributed by atoms with van der Waals surface area (Å²) < 4.78 is 0. The van der Waals surface area contributed by atoms with Gasteiger partial charge < -0.3 is 10.6 Å². The van der Waals surface area contributed by atoms with Crippen molar-refractivity contribution in [1.29, 1.82) is 0 Å². The highest BCUT2D eigenvalue weighted by atomic mass is 35.5. The van der Waals surface area contributed by atoms with Gasteiger partial charge in [-0.15, -0.1) is 11.8 Å². The number of aryl methyl sites for hydroxylation is 2. The zero-order valence-electron chi connectivity index (χ0n) is 14.4. The molecule has 0 aliphatic rings. The molecule has 0 spiro atoms. The second-order valence-electron chi connectivity index (χ2n) is 5.82. The fourth-order valence-corrected chi connectivity index (χ4v) is 2.92. The second kappa shape index (κ2) is 8.92. The lowest BCUT2D eigenvalue weighted by atomic mass is 10.1. The number of halogens is 1. The van der Waals surface area contributed by atoms with Crippen LogP contribution >= 0.6 is 23.4 Å². The fraction of sp³-hybridized carbons (Fsp3) is 0.263. The molecule has 0 radical (unpaired) electrons. The molecule has 1 unspecified atom stereocenters. The van der Waals surface area contributed by atoms with Gasteiger partial charge in [0.05, 0.1) is 11.0 Å². The fourth-order valence-electron chi connectivity index (χ4n) is 2.11. The summed E-state index contributed by atoms with van der Waals surface area (Å²) in [6.45, 7) is 5.72. The Labute approximate surface area is 157 Å². The van der Waals surface area contributed by atoms with Gasteiger partial charge in [-0.25, -0.2) is 0 Å². The monoisotopic (exact) mass is 376 g/mol. The number of amides is 2. The first kappa shape index (κ1) is 19.3. The van der Waals surface area contributed by atoms with Gasteiger partial charge in [-0.1, -0.05) is 23.7 Å². The number of benzene rings is 2. The van der Waals surface area contributed by atoms with E-state index in [0.717, 1.165) is 16.8 Å². The zero-order valence-corrected chi connectivity index (χ0v) is 16.0. The first-order valence-electron chi connectivity index (χ1n) is 7.90. The van der Waals surface area contributed by atoms with E-state index in [4.69, 9.17) is 11.6 Å². The van der Waals surface area contributed by atoms with Crippen LogP contribution < -0.4 is 10.6 Å². The van der Waals surface area contributed by atoms with Gasteiger partial charge >= 0.3 is 0 Å². The summed E-state index contributed by atoms with van der Waals surface area (Å²) in [5, 5.41) is 5.98. The first-order chi connectivity index (χ1) is 11.8. The van der Waals surface area contributed by atoms with Crippen molar-refractivity contribution in [3.8, 4) is 0 Å². The summed E-state index contributed by atoms with van der Waals surface area (Å²) in [5.74, 6) is -0.0685. The number of hydrogen-bond donors (Lipinski definition) is 2. The summed E-state index contributed by atoms with van der Waals surface area (Å²) in [5.41, 5.74) is 3.59. The lowest BCUT2D eigenvalue weighted by Crippen LogP contribution is -2.25. The molecular formula is C19H21ClN2O2S. The standard InChI is InChI=1S/C19H21ClN2O2S/c1-12-4-5-13(2)17(10-12)22-19(24)14(3)25-11-18(23)21-16-8-6-15(20)7-9-16/h4-10,14H,11H2,1-3H3,(H,21,23)(H,22,24). The van der Waals surface area contributed by atoms with Crippen LogP contribution in [0.2, 0.25) is 5.02 Å². The van der Waals surface area contributed by atoms with Gasteiger partial charge in [-0.2, -0.15) is 0 Å². The summed E-state index contributed by atoms with van der Waals surface area (Å²) in [4.78, 5) is 24.3. The Hall–Kier alpha value is -1.98. The van der Waals surface area contributed by atoms with Crippen molar-refractivity contribution < 1.29 is 9.59 Å². The highest BCUT2D eigenvalue weighted by Gasteiger charge is 2.16. The molecule has 0 saturated heterocycles. The van der Waals surface area contributed by atoms with E-state index in [1.807, 2.05) is 32.0 Å². The van der Waals surface area contributed by atoms with Gasteiger partial charge in [0.25, 0.3) is 0 Å². The van der Waals surface area contributed by atoms with Crippen LogP contribution in [0.3, 0.4) is 0 Å². The van der Waals surface area contributed by atoms with E-state index in [9.17, 15) is 9.59 Å². The first-order valence-corrected chi connectivity index (χ1v) is 9.33. The van der Waals surface area contributed by atoms with Crippen LogP contribution in [0.1, 0.15) is 18.1 Å². The molecule has 2 aromatic rings. The SMILES string of the molecule is Cc1ccc(C)c(NC(=O)C(C)SCC(=O)Nc2ccc(Cl)cc2)c1. The van der Waals surface area contributed by atoms with E-state index in [-0.39, 0.29) is 22.8 Å². The van der Waals surface area contributed by atoms with Gasteiger partial charge in [-0.3, -0.25) is 9.59 Å². The number of carbonyl (C=O) groups is 2. The summed E-state index contributed by atoms with van der Waals surface area (Å²) >= 11 is 7.11. The molecule has 2 amide bonds. The number of nitrogens with one attached hydrogen (secondary N) is 2. The van der Waals surface area contributed by atoms with Crippen LogP contribution in [-0.4, -0.2) is 22.8 Å². The Balaban J connectivity index is 1.83. The van der Waals surface area contributed by atoms with Gasteiger partial charge in [0.1, 0.15) is 0 Å². The molecule has 0 bridgehead atoms. The normalized spacial score (nSPS) is 11.7. The number of rotatable bonds is 6. The maximum Gasteiger partial charge on any atom is 0.237 e. The molecule has 1 atom stereocenters. The van der Waals surface area contributed by atoms with Crippen molar-refractivity contribution >= 4 is 46.6 Å². The second-order valence-corrected chi connectivity index (χ2v) is 7.58. The molecule has 0 heterocycles. The van der Waals surface area contributed by atoms with E-state index >= 15 is 0 Å². The molecule has 4 nitrogen and oxygen atoms in total. The average Bonchev–Trinajstić information content (AvgIpc) is 2.58. The lowest BCUT2D eigenvalue weighted by Gasteiger charge is -2.14. The third kappa shape index (κ3) is 6.11. The van der Waals surface area contributed by atoms with Crippen molar-refractivity contribution in [3.05, 3.63) is 58.6 Å². The van der Waals surface area contributed by atoms with Gasteiger partial charge in [-0.05, 0) is 62.2 Å². The van der Waals surface area contributed by atoms with Crippen LogP contribution in [-0.2, 0) is 9.59 Å². The topological polar surface area (TPSA) is 58.2 Å². The van der Waals surface area contributed by atoms with E-state index in [2.05, 4.69) is 10.6 Å². The number of hydrogen-bond acceptors (Lipinski definition) is 3. The molecule has 0 fully saturated rings. The maximum atomic E-state index is 12.3. The molecule has 6 heteroatoms. The Morgan fingerprint density at radius 2 is 1.76 bits per heavy atom. The molecule has 2 rings (SSSR count). The lowest BCUT2D eigenvalue weighted by molar-refractivity contribution is -0.115. The third-order valence-electron chi connectivity index (χ3n) is 3.61. The van der Waals surface area contributed by atoms with Gasteiger partial charge in [0, 0.05) is 16.4 Å². The molecule has 0 aromatic heterocycles. The third-order valence-corrected chi connectivity index (χ3v) is 5.01. The predicted octanol–water partition coefficient (Wildman–Crippen LogP) is 4.66.